The largest absolute Gasteiger partial charge is 0.308 e. The van der Waals surface area contributed by atoms with Gasteiger partial charge in [0.1, 0.15) is 10.2 Å². The zero-order valence-corrected chi connectivity index (χ0v) is 14.4. The predicted octanol–water partition coefficient (Wildman–Crippen LogP) is 5.83. The molecule has 0 aliphatic heterocycles. The van der Waals surface area contributed by atoms with Crippen LogP contribution >= 0.6 is 50.2 Å². The van der Waals surface area contributed by atoms with Gasteiger partial charge in [0.2, 0.25) is 0 Å². The number of hydrogen-bond donors (Lipinski definition) is 1. The highest BCUT2D eigenvalue weighted by molar-refractivity contribution is 9.10. The highest BCUT2D eigenvalue weighted by Gasteiger charge is 2.18. The van der Waals surface area contributed by atoms with Crippen molar-refractivity contribution in [2.45, 2.75) is 6.04 Å². The van der Waals surface area contributed by atoms with Crippen LogP contribution in [0.15, 0.2) is 34.8 Å². The number of thiophene rings is 2. The van der Waals surface area contributed by atoms with Gasteiger partial charge in [-0.15, -0.1) is 22.7 Å². The van der Waals surface area contributed by atoms with E-state index >= 15 is 0 Å². The van der Waals surface area contributed by atoms with E-state index in [0.29, 0.717) is 0 Å². The van der Waals surface area contributed by atoms with Crippen LogP contribution in [0.2, 0.25) is 4.34 Å². The normalized spacial score (nSPS) is 13.0. The Morgan fingerprint density at radius 1 is 1.20 bits per heavy atom. The van der Waals surface area contributed by atoms with E-state index in [1.807, 2.05) is 19.2 Å². The summed E-state index contributed by atoms with van der Waals surface area (Å²) in [5.41, 5.74) is 0. The van der Waals surface area contributed by atoms with Gasteiger partial charge in [-0.1, -0.05) is 17.7 Å². The summed E-state index contributed by atoms with van der Waals surface area (Å²) in [4.78, 5) is 2.29. The van der Waals surface area contributed by atoms with Crippen molar-refractivity contribution < 1.29 is 4.39 Å². The summed E-state index contributed by atoms with van der Waals surface area (Å²) < 4.78 is 15.9. The van der Waals surface area contributed by atoms with Crippen LogP contribution in [0.25, 0.3) is 10.1 Å². The van der Waals surface area contributed by atoms with Crippen molar-refractivity contribution in [2.24, 2.45) is 0 Å². The maximum atomic E-state index is 13.3. The number of halogens is 3. The molecule has 0 saturated heterocycles. The molecule has 1 aromatic carbocycles. The molecule has 1 atom stereocenters. The standard InChI is InChI=1S/C14H10BrClFNS2/c1-18-13(12-6-9(15)14(16)20-12)11-4-7-2-3-8(17)5-10(7)19-11/h2-6,13,18H,1H3. The SMILES string of the molecule is CNC(c1cc(Br)c(Cl)s1)c1cc2ccc(F)cc2s1. The van der Waals surface area contributed by atoms with Gasteiger partial charge in [-0.3, -0.25) is 0 Å². The lowest BCUT2D eigenvalue weighted by Crippen LogP contribution is -2.14. The molecule has 0 bridgehead atoms. The van der Waals surface area contributed by atoms with Gasteiger partial charge in [0.05, 0.1) is 6.04 Å². The highest BCUT2D eigenvalue weighted by Crippen LogP contribution is 2.40. The summed E-state index contributed by atoms with van der Waals surface area (Å²) in [5, 5.41) is 4.36. The first-order valence-electron chi connectivity index (χ1n) is 5.89. The molecular weight excluding hydrogens is 381 g/mol. The van der Waals surface area contributed by atoms with Gasteiger partial charge < -0.3 is 5.32 Å². The number of benzene rings is 1. The van der Waals surface area contributed by atoms with E-state index in [0.717, 1.165) is 28.6 Å². The van der Waals surface area contributed by atoms with Gasteiger partial charge in [0.15, 0.2) is 0 Å². The molecule has 104 valence electrons. The lowest BCUT2D eigenvalue weighted by molar-refractivity contribution is 0.630. The fraction of sp³-hybridized carbons (Fsp3) is 0.143. The zero-order chi connectivity index (χ0) is 14.3. The average Bonchev–Trinajstić information content (AvgIpc) is 2.95. The average molecular weight is 391 g/mol. The van der Waals surface area contributed by atoms with Crippen molar-refractivity contribution in [3.05, 3.63) is 54.7 Å². The van der Waals surface area contributed by atoms with Crippen molar-refractivity contribution in [1.29, 1.82) is 0 Å². The molecule has 3 rings (SSSR count). The molecule has 0 aliphatic carbocycles. The predicted molar refractivity (Wildman–Crippen MR) is 89.7 cm³/mol. The summed E-state index contributed by atoms with van der Waals surface area (Å²) >= 11 is 12.7. The van der Waals surface area contributed by atoms with Crippen LogP contribution in [0.1, 0.15) is 15.8 Å². The van der Waals surface area contributed by atoms with E-state index in [-0.39, 0.29) is 11.9 Å². The fourth-order valence-electron chi connectivity index (χ4n) is 2.10. The van der Waals surface area contributed by atoms with Crippen LogP contribution in [0.3, 0.4) is 0 Å². The lowest BCUT2D eigenvalue weighted by atomic mass is 10.2. The molecule has 0 spiro atoms. The monoisotopic (exact) mass is 389 g/mol. The highest BCUT2D eigenvalue weighted by atomic mass is 79.9. The molecule has 20 heavy (non-hydrogen) atoms. The Labute approximate surface area is 137 Å². The maximum absolute atomic E-state index is 13.3. The van der Waals surface area contributed by atoms with Gasteiger partial charge in [-0.2, -0.15) is 0 Å². The fourth-order valence-corrected chi connectivity index (χ4v) is 5.26. The minimum Gasteiger partial charge on any atom is -0.308 e. The molecular formula is C14H10BrClFNS2. The Bertz CT molecular complexity index is 748. The van der Waals surface area contributed by atoms with Crippen molar-refractivity contribution in [2.75, 3.05) is 7.05 Å². The van der Waals surface area contributed by atoms with E-state index in [4.69, 9.17) is 11.6 Å². The molecule has 1 N–H and O–H groups in total. The van der Waals surface area contributed by atoms with Crippen molar-refractivity contribution in [3.63, 3.8) is 0 Å². The minimum atomic E-state index is -0.200. The van der Waals surface area contributed by atoms with Crippen LogP contribution < -0.4 is 5.32 Å². The van der Waals surface area contributed by atoms with Gasteiger partial charge >= 0.3 is 0 Å². The first-order chi connectivity index (χ1) is 9.58. The van der Waals surface area contributed by atoms with E-state index in [1.54, 1.807) is 28.7 Å². The first kappa shape index (κ1) is 14.5. The van der Waals surface area contributed by atoms with E-state index in [1.165, 1.54) is 6.07 Å². The molecule has 6 heteroatoms. The molecule has 0 fully saturated rings. The maximum Gasteiger partial charge on any atom is 0.124 e. The van der Waals surface area contributed by atoms with Gasteiger partial charge in [-0.25, -0.2) is 4.39 Å². The third-order valence-corrected chi connectivity index (χ3v) is 6.73. The second-order valence-electron chi connectivity index (χ2n) is 4.32. The summed E-state index contributed by atoms with van der Waals surface area (Å²) in [6, 6.07) is 9.08. The number of fused-ring (bicyclic) bond motifs is 1. The summed E-state index contributed by atoms with van der Waals surface area (Å²) in [7, 11) is 1.91. The Morgan fingerprint density at radius 3 is 2.60 bits per heavy atom. The third kappa shape index (κ3) is 2.65. The second-order valence-corrected chi connectivity index (χ2v) is 7.98. The van der Waals surface area contributed by atoms with Gasteiger partial charge in [-0.05, 0) is 52.6 Å². The van der Waals surface area contributed by atoms with Crippen LogP contribution in [0.4, 0.5) is 4.39 Å². The van der Waals surface area contributed by atoms with Gasteiger partial charge in [0.25, 0.3) is 0 Å². The topological polar surface area (TPSA) is 12.0 Å². The van der Waals surface area contributed by atoms with Gasteiger partial charge in [0, 0.05) is 18.9 Å². The van der Waals surface area contributed by atoms with E-state index in [9.17, 15) is 4.39 Å². The Hall–Kier alpha value is -0.460. The van der Waals surface area contributed by atoms with Crippen molar-refractivity contribution in [3.8, 4) is 0 Å². The van der Waals surface area contributed by atoms with Crippen molar-refractivity contribution in [1.82, 2.24) is 5.32 Å². The molecule has 2 aromatic heterocycles. The molecule has 0 radical (unpaired) electrons. The quantitative estimate of drug-likeness (QED) is 0.593. The van der Waals surface area contributed by atoms with Crippen LogP contribution in [0.5, 0.6) is 0 Å². The lowest BCUT2D eigenvalue weighted by Gasteiger charge is -2.11. The third-order valence-electron chi connectivity index (χ3n) is 3.02. The smallest absolute Gasteiger partial charge is 0.124 e. The molecule has 0 amide bonds. The van der Waals surface area contributed by atoms with Crippen LogP contribution in [0, 0.1) is 5.82 Å². The van der Waals surface area contributed by atoms with Crippen molar-refractivity contribution >= 4 is 60.3 Å². The molecule has 1 unspecified atom stereocenters. The second kappa shape index (κ2) is 5.73. The molecule has 3 aromatic rings. The summed E-state index contributed by atoms with van der Waals surface area (Å²) in [6.07, 6.45) is 0. The Morgan fingerprint density at radius 2 is 1.95 bits per heavy atom. The first-order valence-corrected chi connectivity index (χ1v) is 8.70. The summed E-state index contributed by atoms with van der Waals surface area (Å²) in [6.45, 7) is 0. The molecule has 2 heterocycles. The van der Waals surface area contributed by atoms with E-state index in [2.05, 4.69) is 27.3 Å². The molecule has 1 nitrogen and oxygen atoms in total. The number of hydrogen-bond acceptors (Lipinski definition) is 3. The Kier molecular flexibility index (Phi) is 4.15. The molecule has 0 aliphatic rings. The molecule has 0 saturated carbocycles. The van der Waals surface area contributed by atoms with Crippen LogP contribution in [-0.4, -0.2) is 7.05 Å². The minimum absolute atomic E-state index is 0.0734. The summed E-state index contributed by atoms with van der Waals surface area (Å²) in [5.74, 6) is -0.200. The zero-order valence-electron chi connectivity index (χ0n) is 10.4. The number of rotatable bonds is 3. The van der Waals surface area contributed by atoms with E-state index < -0.39 is 0 Å². The Balaban J connectivity index is 2.06. The van der Waals surface area contributed by atoms with Crippen LogP contribution in [-0.2, 0) is 0 Å². The number of nitrogens with one attached hydrogen (secondary N) is 1.